The molecular formula is C15H25N3OS. The van der Waals surface area contributed by atoms with E-state index >= 15 is 0 Å². The Labute approximate surface area is 125 Å². The largest absolute Gasteiger partial charge is 0.335 e. The van der Waals surface area contributed by atoms with Crippen molar-refractivity contribution in [3.05, 3.63) is 16.1 Å². The molecule has 20 heavy (non-hydrogen) atoms. The number of aryl methyl sites for hydroxylation is 1. The van der Waals surface area contributed by atoms with Crippen molar-refractivity contribution in [2.24, 2.45) is 5.41 Å². The van der Waals surface area contributed by atoms with Crippen LogP contribution in [0.1, 0.15) is 42.7 Å². The first-order chi connectivity index (χ1) is 9.35. The average Bonchev–Trinajstić information content (AvgIpc) is 2.82. The zero-order valence-corrected chi connectivity index (χ0v) is 13.8. The Morgan fingerprint density at radius 3 is 2.45 bits per heavy atom. The van der Waals surface area contributed by atoms with Crippen molar-refractivity contribution in [1.82, 2.24) is 14.8 Å². The molecule has 0 N–H and O–H groups in total. The average molecular weight is 295 g/mol. The standard InChI is InChI=1S/C15H25N3OS/c1-12-16-13(11-20-12)14(19)18-9-7-17(8-10-18)6-5-15(2,3)4/h11H,5-10H2,1-4H3. The summed E-state index contributed by atoms with van der Waals surface area (Å²) in [7, 11) is 0. The van der Waals surface area contributed by atoms with E-state index in [9.17, 15) is 4.79 Å². The molecule has 0 spiro atoms. The van der Waals surface area contributed by atoms with Crippen LogP contribution < -0.4 is 0 Å². The van der Waals surface area contributed by atoms with Gasteiger partial charge in [-0.15, -0.1) is 11.3 Å². The van der Waals surface area contributed by atoms with Crippen LogP contribution in [-0.2, 0) is 0 Å². The van der Waals surface area contributed by atoms with E-state index in [1.165, 1.54) is 17.8 Å². The molecule has 1 aromatic heterocycles. The molecule has 1 saturated heterocycles. The Kier molecular flexibility index (Phi) is 4.81. The minimum Gasteiger partial charge on any atom is -0.335 e. The third-order valence-corrected chi connectivity index (χ3v) is 4.45. The highest BCUT2D eigenvalue weighted by Crippen LogP contribution is 2.19. The first kappa shape index (κ1) is 15.4. The normalized spacial score (nSPS) is 17.5. The molecule has 2 rings (SSSR count). The molecule has 0 aliphatic carbocycles. The highest BCUT2D eigenvalue weighted by molar-refractivity contribution is 7.09. The van der Waals surface area contributed by atoms with Crippen LogP contribution in [0.15, 0.2) is 5.38 Å². The number of carbonyl (C=O) groups is 1. The van der Waals surface area contributed by atoms with Crippen molar-refractivity contribution >= 4 is 17.2 Å². The third kappa shape index (κ3) is 4.28. The molecule has 1 aliphatic rings. The van der Waals surface area contributed by atoms with E-state index in [1.807, 2.05) is 17.2 Å². The Hall–Kier alpha value is -0.940. The predicted octanol–water partition coefficient (Wildman–Crippen LogP) is 2.65. The van der Waals surface area contributed by atoms with Gasteiger partial charge in [-0.1, -0.05) is 20.8 Å². The van der Waals surface area contributed by atoms with Crippen molar-refractivity contribution in [3.8, 4) is 0 Å². The van der Waals surface area contributed by atoms with Gasteiger partial charge in [0.05, 0.1) is 5.01 Å². The summed E-state index contributed by atoms with van der Waals surface area (Å²) in [5.41, 5.74) is 0.987. The molecular weight excluding hydrogens is 270 g/mol. The number of nitrogens with zero attached hydrogens (tertiary/aromatic N) is 3. The molecule has 0 unspecified atom stereocenters. The second kappa shape index (κ2) is 6.22. The predicted molar refractivity (Wildman–Crippen MR) is 83.3 cm³/mol. The number of amides is 1. The van der Waals surface area contributed by atoms with Gasteiger partial charge in [0.25, 0.3) is 5.91 Å². The minimum atomic E-state index is 0.0878. The summed E-state index contributed by atoms with van der Waals surface area (Å²) in [5.74, 6) is 0.0878. The maximum atomic E-state index is 12.3. The van der Waals surface area contributed by atoms with Gasteiger partial charge in [0.2, 0.25) is 0 Å². The number of carbonyl (C=O) groups excluding carboxylic acids is 1. The van der Waals surface area contributed by atoms with E-state index < -0.39 is 0 Å². The quantitative estimate of drug-likeness (QED) is 0.860. The van der Waals surface area contributed by atoms with E-state index in [1.54, 1.807) is 0 Å². The zero-order valence-electron chi connectivity index (χ0n) is 13.0. The molecule has 0 radical (unpaired) electrons. The molecule has 0 aromatic carbocycles. The molecule has 1 aliphatic heterocycles. The number of aromatic nitrogens is 1. The highest BCUT2D eigenvalue weighted by atomic mass is 32.1. The SMILES string of the molecule is Cc1nc(C(=O)N2CCN(CCC(C)(C)C)CC2)cs1. The van der Waals surface area contributed by atoms with Gasteiger partial charge in [0, 0.05) is 31.6 Å². The maximum absolute atomic E-state index is 12.3. The van der Waals surface area contributed by atoms with Crippen molar-refractivity contribution in [2.45, 2.75) is 34.1 Å². The lowest BCUT2D eigenvalue weighted by Crippen LogP contribution is -2.49. The lowest BCUT2D eigenvalue weighted by atomic mass is 9.92. The van der Waals surface area contributed by atoms with E-state index in [-0.39, 0.29) is 5.91 Å². The van der Waals surface area contributed by atoms with Crippen LogP contribution in [0.2, 0.25) is 0 Å². The molecule has 0 atom stereocenters. The number of hydrogen-bond acceptors (Lipinski definition) is 4. The molecule has 1 amide bonds. The van der Waals surface area contributed by atoms with Gasteiger partial charge in [0.15, 0.2) is 0 Å². The van der Waals surface area contributed by atoms with Gasteiger partial charge in [-0.2, -0.15) is 0 Å². The van der Waals surface area contributed by atoms with Crippen LogP contribution in [0.3, 0.4) is 0 Å². The molecule has 0 bridgehead atoms. The van der Waals surface area contributed by atoms with Gasteiger partial charge in [-0.05, 0) is 25.3 Å². The van der Waals surface area contributed by atoms with Gasteiger partial charge in [-0.25, -0.2) is 4.98 Å². The molecule has 1 fully saturated rings. The van der Waals surface area contributed by atoms with E-state index in [4.69, 9.17) is 0 Å². The van der Waals surface area contributed by atoms with Crippen LogP contribution in [0, 0.1) is 12.3 Å². The fraction of sp³-hybridized carbons (Fsp3) is 0.733. The Balaban J connectivity index is 1.81. The Morgan fingerprint density at radius 1 is 1.30 bits per heavy atom. The smallest absolute Gasteiger partial charge is 0.273 e. The van der Waals surface area contributed by atoms with E-state index in [0.717, 1.165) is 37.7 Å². The second-order valence-electron chi connectivity index (χ2n) is 6.70. The van der Waals surface area contributed by atoms with Crippen LogP contribution in [0.4, 0.5) is 0 Å². The second-order valence-corrected chi connectivity index (χ2v) is 7.76. The van der Waals surface area contributed by atoms with Crippen LogP contribution in [0.5, 0.6) is 0 Å². The van der Waals surface area contributed by atoms with Crippen molar-refractivity contribution in [1.29, 1.82) is 0 Å². The van der Waals surface area contributed by atoms with Crippen molar-refractivity contribution < 1.29 is 4.79 Å². The minimum absolute atomic E-state index is 0.0878. The number of thiazole rings is 1. The Morgan fingerprint density at radius 2 is 1.95 bits per heavy atom. The summed E-state index contributed by atoms with van der Waals surface area (Å²) in [6.45, 7) is 13.5. The molecule has 0 saturated carbocycles. The van der Waals surface area contributed by atoms with Gasteiger partial charge >= 0.3 is 0 Å². The van der Waals surface area contributed by atoms with Crippen LogP contribution in [0.25, 0.3) is 0 Å². The lowest BCUT2D eigenvalue weighted by Gasteiger charge is -2.35. The van der Waals surface area contributed by atoms with Crippen LogP contribution >= 0.6 is 11.3 Å². The summed E-state index contributed by atoms with van der Waals surface area (Å²) >= 11 is 1.54. The summed E-state index contributed by atoms with van der Waals surface area (Å²) in [6.07, 6.45) is 1.20. The molecule has 5 heteroatoms. The maximum Gasteiger partial charge on any atom is 0.273 e. The summed E-state index contributed by atoms with van der Waals surface area (Å²) in [6, 6.07) is 0. The topological polar surface area (TPSA) is 36.4 Å². The van der Waals surface area contributed by atoms with Crippen molar-refractivity contribution in [2.75, 3.05) is 32.7 Å². The number of piperazine rings is 1. The zero-order chi connectivity index (χ0) is 14.8. The molecule has 4 nitrogen and oxygen atoms in total. The van der Waals surface area contributed by atoms with E-state index in [0.29, 0.717) is 11.1 Å². The van der Waals surface area contributed by atoms with E-state index in [2.05, 4.69) is 30.7 Å². The number of rotatable bonds is 3. The van der Waals surface area contributed by atoms with Crippen molar-refractivity contribution in [3.63, 3.8) is 0 Å². The fourth-order valence-corrected chi connectivity index (χ4v) is 2.88. The van der Waals surface area contributed by atoms with Gasteiger partial charge in [0.1, 0.15) is 5.69 Å². The molecule has 112 valence electrons. The number of hydrogen-bond donors (Lipinski definition) is 0. The first-order valence-corrected chi connectivity index (χ1v) is 8.17. The van der Waals surface area contributed by atoms with Crippen LogP contribution in [-0.4, -0.2) is 53.4 Å². The third-order valence-electron chi connectivity index (χ3n) is 3.68. The lowest BCUT2D eigenvalue weighted by molar-refractivity contribution is 0.0618. The molecule has 2 heterocycles. The Bertz CT molecular complexity index is 456. The van der Waals surface area contributed by atoms with Gasteiger partial charge in [-0.3, -0.25) is 9.69 Å². The van der Waals surface area contributed by atoms with Gasteiger partial charge < -0.3 is 4.90 Å². The highest BCUT2D eigenvalue weighted by Gasteiger charge is 2.24. The fourth-order valence-electron chi connectivity index (χ4n) is 2.29. The summed E-state index contributed by atoms with van der Waals surface area (Å²) < 4.78 is 0. The summed E-state index contributed by atoms with van der Waals surface area (Å²) in [5, 5.41) is 2.82. The molecule has 1 aromatic rings. The monoisotopic (exact) mass is 295 g/mol. The summed E-state index contributed by atoms with van der Waals surface area (Å²) in [4.78, 5) is 21.0. The first-order valence-electron chi connectivity index (χ1n) is 7.29.